The highest BCUT2D eigenvalue weighted by atomic mass is 35.5. The standard InChI is InChI=1S/C15H18ClNO2.ClH/c16-12-5-3-11(4-6-12)10-17-13-2-1-8-15(17,9-7-13)14(18)19;/h3-6,13H,1-2,7-10H2,(H,18,19);1H. The number of hydrogen-bond acceptors (Lipinski definition) is 2. The third kappa shape index (κ3) is 2.54. The van der Waals surface area contributed by atoms with E-state index in [9.17, 15) is 9.90 Å². The number of rotatable bonds is 3. The molecule has 0 amide bonds. The second-order valence-electron chi connectivity index (χ2n) is 5.68. The summed E-state index contributed by atoms with van der Waals surface area (Å²) in [5, 5.41) is 10.4. The molecule has 2 unspecified atom stereocenters. The predicted molar refractivity (Wildman–Crippen MR) is 81.5 cm³/mol. The van der Waals surface area contributed by atoms with Crippen LogP contribution >= 0.6 is 24.0 Å². The quantitative estimate of drug-likeness (QED) is 0.923. The van der Waals surface area contributed by atoms with Gasteiger partial charge in [0, 0.05) is 17.6 Å². The molecule has 0 aromatic heterocycles. The molecule has 0 spiro atoms. The highest BCUT2D eigenvalue weighted by Gasteiger charge is 2.53. The van der Waals surface area contributed by atoms with Crippen molar-refractivity contribution in [2.24, 2.45) is 0 Å². The monoisotopic (exact) mass is 315 g/mol. The SMILES string of the molecule is Cl.O=C(O)C12CCCC(CC1)N2Cc1ccc(Cl)cc1. The van der Waals surface area contributed by atoms with Crippen molar-refractivity contribution in [3.05, 3.63) is 34.9 Å². The number of carboxylic acids is 1. The van der Waals surface area contributed by atoms with Gasteiger partial charge in [-0.2, -0.15) is 0 Å². The largest absolute Gasteiger partial charge is 0.480 e. The minimum Gasteiger partial charge on any atom is -0.480 e. The van der Waals surface area contributed by atoms with Crippen LogP contribution in [0.5, 0.6) is 0 Å². The zero-order valence-corrected chi connectivity index (χ0v) is 12.8. The lowest BCUT2D eigenvalue weighted by Crippen LogP contribution is -2.54. The number of benzene rings is 1. The first-order valence-corrected chi connectivity index (χ1v) is 7.24. The van der Waals surface area contributed by atoms with Crippen LogP contribution in [0.3, 0.4) is 0 Å². The minimum atomic E-state index is -0.649. The average molecular weight is 316 g/mol. The van der Waals surface area contributed by atoms with Gasteiger partial charge in [0.25, 0.3) is 0 Å². The van der Waals surface area contributed by atoms with Gasteiger partial charge < -0.3 is 5.11 Å². The molecule has 2 aliphatic rings. The lowest BCUT2D eigenvalue weighted by molar-refractivity contribution is -0.153. The normalized spacial score (nSPS) is 28.9. The molecule has 0 radical (unpaired) electrons. The molecule has 20 heavy (non-hydrogen) atoms. The van der Waals surface area contributed by atoms with Crippen molar-refractivity contribution in [1.29, 1.82) is 0 Å². The first kappa shape index (κ1) is 15.6. The van der Waals surface area contributed by atoms with E-state index in [1.54, 1.807) is 0 Å². The molecule has 2 aliphatic heterocycles. The first-order valence-electron chi connectivity index (χ1n) is 6.86. The van der Waals surface area contributed by atoms with Crippen LogP contribution in [0.25, 0.3) is 0 Å². The molecule has 1 N–H and O–H groups in total. The van der Waals surface area contributed by atoms with Crippen LogP contribution in [-0.2, 0) is 11.3 Å². The van der Waals surface area contributed by atoms with Crippen molar-refractivity contribution in [1.82, 2.24) is 4.90 Å². The van der Waals surface area contributed by atoms with Crippen LogP contribution in [0.1, 0.15) is 37.7 Å². The van der Waals surface area contributed by atoms with E-state index in [-0.39, 0.29) is 12.4 Å². The average Bonchev–Trinajstić information content (AvgIpc) is 2.60. The van der Waals surface area contributed by atoms with Crippen molar-refractivity contribution >= 4 is 30.0 Å². The molecule has 3 rings (SSSR count). The molecule has 2 saturated heterocycles. The van der Waals surface area contributed by atoms with Crippen molar-refractivity contribution in [3.63, 3.8) is 0 Å². The summed E-state index contributed by atoms with van der Waals surface area (Å²) in [6, 6.07) is 8.16. The van der Waals surface area contributed by atoms with E-state index in [0.29, 0.717) is 12.6 Å². The number of carboxylic acid groups (broad SMARTS) is 1. The van der Waals surface area contributed by atoms with Gasteiger partial charge in [0.05, 0.1) is 0 Å². The second-order valence-corrected chi connectivity index (χ2v) is 6.11. The Morgan fingerprint density at radius 3 is 2.65 bits per heavy atom. The molecular weight excluding hydrogens is 297 g/mol. The fraction of sp³-hybridized carbons (Fsp3) is 0.533. The highest BCUT2D eigenvalue weighted by molar-refractivity contribution is 6.30. The van der Waals surface area contributed by atoms with Crippen LogP contribution < -0.4 is 0 Å². The van der Waals surface area contributed by atoms with E-state index >= 15 is 0 Å². The summed E-state index contributed by atoms with van der Waals surface area (Å²) in [5.41, 5.74) is 0.520. The molecule has 3 nitrogen and oxygen atoms in total. The topological polar surface area (TPSA) is 40.5 Å². The fourth-order valence-electron chi connectivity index (χ4n) is 3.66. The van der Waals surface area contributed by atoms with Crippen LogP contribution in [0, 0.1) is 0 Å². The molecular formula is C15H19Cl2NO2. The van der Waals surface area contributed by atoms with Crippen LogP contribution in [0.15, 0.2) is 24.3 Å². The minimum absolute atomic E-state index is 0. The summed E-state index contributed by atoms with van der Waals surface area (Å²) >= 11 is 5.89. The van der Waals surface area contributed by atoms with Crippen molar-refractivity contribution in [2.45, 2.75) is 50.2 Å². The van der Waals surface area contributed by atoms with E-state index < -0.39 is 11.5 Å². The lowest BCUT2D eigenvalue weighted by Gasteiger charge is -2.42. The van der Waals surface area contributed by atoms with Gasteiger partial charge in [-0.25, -0.2) is 0 Å². The third-order valence-electron chi connectivity index (χ3n) is 4.67. The Balaban J connectivity index is 0.00000147. The Kier molecular flexibility index (Phi) is 4.62. The van der Waals surface area contributed by atoms with Crippen molar-refractivity contribution in [2.75, 3.05) is 0 Å². The Bertz CT molecular complexity index is 487. The van der Waals surface area contributed by atoms with Gasteiger partial charge in [-0.05, 0) is 49.8 Å². The van der Waals surface area contributed by atoms with Crippen LogP contribution in [-0.4, -0.2) is 27.6 Å². The Labute approximate surface area is 130 Å². The summed E-state index contributed by atoms with van der Waals surface area (Å²) in [5.74, 6) is -0.649. The molecule has 1 aromatic rings. The molecule has 1 aromatic carbocycles. The van der Waals surface area contributed by atoms with Gasteiger partial charge in [0.2, 0.25) is 0 Å². The molecule has 0 aliphatic carbocycles. The van der Waals surface area contributed by atoms with Gasteiger partial charge in [-0.1, -0.05) is 23.7 Å². The Morgan fingerprint density at radius 2 is 2.00 bits per heavy atom. The number of fused-ring (bicyclic) bond motifs is 2. The van der Waals surface area contributed by atoms with Gasteiger partial charge in [-0.15, -0.1) is 12.4 Å². The number of nitrogens with zero attached hydrogens (tertiary/aromatic N) is 1. The maximum atomic E-state index is 11.7. The van der Waals surface area contributed by atoms with Crippen molar-refractivity contribution in [3.8, 4) is 0 Å². The summed E-state index contributed by atoms with van der Waals surface area (Å²) in [6.07, 6.45) is 4.75. The van der Waals surface area contributed by atoms with Gasteiger partial charge in [0.15, 0.2) is 0 Å². The second kappa shape index (κ2) is 5.92. The van der Waals surface area contributed by atoms with Gasteiger partial charge in [0.1, 0.15) is 5.54 Å². The van der Waals surface area contributed by atoms with E-state index in [1.807, 2.05) is 24.3 Å². The molecule has 2 atom stereocenters. The summed E-state index contributed by atoms with van der Waals surface area (Å²) in [6.45, 7) is 0.716. The molecule has 110 valence electrons. The van der Waals surface area contributed by atoms with Gasteiger partial charge in [-0.3, -0.25) is 9.69 Å². The van der Waals surface area contributed by atoms with E-state index in [2.05, 4.69) is 4.90 Å². The predicted octanol–water partition coefficient (Wildman–Crippen LogP) is 3.73. The van der Waals surface area contributed by atoms with E-state index in [0.717, 1.165) is 42.7 Å². The van der Waals surface area contributed by atoms with Crippen LogP contribution in [0.4, 0.5) is 0 Å². The highest BCUT2D eigenvalue weighted by Crippen LogP contribution is 2.45. The zero-order chi connectivity index (χ0) is 13.5. The smallest absolute Gasteiger partial charge is 0.324 e. The number of hydrogen-bond donors (Lipinski definition) is 1. The maximum Gasteiger partial charge on any atom is 0.324 e. The van der Waals surface area contributed by atoms with Crippen molar-refractivity contribution < 1.29 is 9.90 Å². The Morgan fingerprint density at radius 1 is 1.30 bits per heavy atom. The van der Waals surface area contributed by atoms with E-state index in [1.165, 1.54) is 0 Å². The summed E-state index contributed by atoms with van der Waals surface area (Å²) < 4.78 is 0. The summed E-state index contributed by atoms with van der Waals surface area (Å²) in [7, 11) is 0. The molecule has 5 heteroatoms. The number of carbonyl (C=O) groups is 1. The molecule has 2 heterocycles. The van der Waals surface area contributed by atoms with Gasteiger partial charge >= 0.3 is 5.97 Å². The molecule has 2 fully saturated rings. The molecule has 2 bridgehead atoms. The number of halogens is 2. The fourth-order valence-corrected chi connectivity index (χ4v) is 3.78. The summed E-state index contributed by atoms with van der Waals surface area (Å²) in [4.78, 5) is 13.9. The van der Waals surface area contributed by atoms with Crippen LogP contribution in [0.2, 0.25) is 5.02 Å². The number of piperidine rings is 1. The zero-order valence-electron chi connectivity index (χ0n) is 11.2. The number of aliphatic carboxylic acids is 1. The maximum absolute atomic E-state index is 11.7. The molecule has 0 saturated carbocycles. The third-order valence-corrected chi connectivity index (χ3v) is 4.93. The Hall–Kier alpha value is -0.770. The first-order chi connectivity index (χ1) is 9.12. The van der Waals surface area contributed by atoms with E-state index in [4.69, 9.17) is 11.6 Å². The lowest BCUT2D eigenvalue weighted by atomic mass is 9.88.